The first-order chi connectivity index (χ1) is 5.33. The van der Waals surface area contributed by atoms with Crippen molar-refractivity contribution in [1.29, 1.82) is 0 Å². The van der Waals surface area contributed by atoms with Crippen LogP contribution in [-0.2, 0) is 0 Å². The highest BCUT2D eigenvalue weighted by Crippen LogP contribution is 2.00. The Morgan fingerprint density at radius 1 is 1.27 bits per heavy atom. The quantitative estimate of drug-likeness (QED) is 0.380. The van der Waals surface area contributed by atoms with Gasteiger partial charge in [-0.1, -0.05) is 52.1 Å². The van der Waals surface area contributed by atoms with Gasteiger partial charge in [0, 0.05) is 5.56 Å². The van der Waals surface area contributed by atoms with Crippen molar-refractivity contribution in [2.45, 2.75) is 6.92 Å². The fourth-order valence-electron chi connectivity index (χ4n) is 0.772. The molecular formula is C10H9I. The zero-order valence-corrected chi connectivity index (χ0v) is 8.55. The summed E-state index contributed by atoms with van der Waals surface area (Å²) in [5, 5.41) is 0. The Kier molecular flexibility index (Phi) is 3.44. The van der Waals surface area contributed by atoms with Gasteiger partial charge in [-0.3, -0.25) is 0 Å². The highest BCUT2D eigenvalue weighted by atomic mass is 127. The molecule has 0 nitrogen and oxygen atoms in total. The highest BCUT2D eigenvalue weighted by molar-refractivity contribution is 14.1. The third-order valence-corrected chi connectivity index (χ3v) is 1.73. The summed E-state index contributed by atoms with van der Waals surface area (Å²) in [5.41, 5.74) is 2.39. The van der Waals surface area contributed by atoms with Gasteiger partial charge in [0.1, 0.15) is 0 Å². The van der Waals surface area contributed by atoms with E-state index in [1.54, 1.807) is 0 Å². The molecule has 0 heterocycles. The Balaban J connectivity index is 2.82. The third-order valence-electron chi connectivity index (χ3n) is 1.35. The van der Waals surface area contributed by atoms with Gasteiger partial charge in [-0.25, -0.2) is 0 Å². The molecule has 0 aliphatic heterocycles. The Morgan fingerprint density at radius 3 is 2.45 bits per heavy atom. The molecule has 0 fully saturated rings. The Morgan fingerprint density at radius 2 is 1.91 bits per heavy atom. The van der Waals surface area contributed by atoms with Crippen molar-refractivity contribution in [3.05, 3.63) is 35.4 Å². The molecule has 0 bridgehead atoms. The molecule has 0 aliphatic rings. The zero-order valence-electron chi connectivity index (χ0n) is 6.39. The van der Waals surface area contributed by atoms with Crippen molar-refractivity contribution in [3.63, 3.8) is 0 Å². The van der Waals surface area contributed by atoms with Gasteiger partial charge in [0.25, 0.3) is 0 Å². The van der Waals surface area contributed by atoms with E-state index in [9.17, 15) is 0 Å². The van der Waals surface area contributed by atoms with E-state index in [1.165, 1.54) is 5.56 Å². The van der Waals surface area contributed by atoms with Crippen LogP contribution in [0.4, 0.5) is 0 Å². The molecule has 0 spiro atoms. The van der Waals surface area contributed by atoms with E-state index < -0.39 is 0 Å². The average Bonchev–Trinajstić information content (AvgIpc) is 2.04. The van der Waals surface area contributed by atoms with E-state index >= 15 is 0 Å². The lowest BCUT2D eigenvalue weighted by Gasteiger charge is -1.90. The molecule has 0 aliphatic carbocycles. The van der Waals surface area contributed by atoms with Crippen molar-refractivity contribution in [2.75, 3.05) is 4.43 Å². The van der Waals surface area contributed by atoms with Gasteiger partial charge in [0.05, 0.1) is 4.43 Å². The molecule has 0 saturated heterocycles. The summed E-state index contributed by atoms with van der Waals surface area (Å²) >= 11 is 2.25. The molecule has 11 heavy (non-hydrogen) atoms. The number of hydrogen-bond donors (Lipinski definition) is 0. The normalized spacial score (nSPS) is 8.55. The van der Waals surface area contributed by atoms with Crippen LogP contribution >= 0.6 is 22.6 Å². The first-order valence-corrected chi connectivity index (χ1v) is 4.97. The van der Waals surface area contributed by atoms with Crippen LogP contribution in [0, 0.1) is 18.8 Å². The summed E-state index contributed by atoms with van der Waals surface area (Å²) in [6, 6.07) is 8.26. The first kappa shape index (κ1) is 8.61. The minimum absolute atomic E-state index is 0.894. The van der Waals surface area contributed by atoms with E-state index in [0.29, 0.717) is 0 Å². The molecule has 0 radical (unpaired) electrons. The maximum atomic E-state index is 3.06. The molecular weight excluding hydrogens is 247 g/mol. The Labute approximate surface area is 81.2 Å². The van der Waals surface area contributed by atoms with Crippen LogP contribution in [0.1, 0.15) is 11.1 Å². The highest BCUT2D eigenvalue weighted by Gasteiger charge is 1.84. The monoisotopic (exact) mass is 256 g/mol. The molecule has 0 amide bonds. The molecule has 1 rings (SSSR count). The van der Waals surface area contributed by atoms with Crippen LogP contribution in [0.2, 0.25) is 0 Å². The van der Waals surface area contributed by atoms with Crippen LogP contribution < -0.4 is 0 Å². The van der Waals surface area contributed by atoms with Crippen LogP contribution in [0.5, 0.6) is 0 Å². The lowest BCUT2D eigenvalue weighted by molar-refractivity contribution is 1.46. The summed E-state index contributed by atoms with van der Waals surface area (Å²) in [7, 11) is 0. The van der Waals surface area contributed by atoms with Gasteiger partial charge in [0.15, 0.2) is 0 Å². The maximum absolute atomic E-state index is 3.06. The summed E-state index contributed by atoms with van der Waals surface area (Å²) in [5.74, 6) is 6.08. The second kappa shape index (κ2) is 4.40. The largest absolute Gasteiger partial charge is 0.0872 e. The Bertz CT molecular complexity index is 274. The number of hydrogen-bond acceptors (Lipinski definition) is 0. The zero-order chi connectivity index (χ0) is 8.10. The first-order valence-electron chi connectivity index (χ1n) is 3.44. The fourth-order valence-corrected chi connectivity index (χ4v) is 0.963. The Hall–Kier alpha value is -0.490. The van der Waals surface area contributed by atoms with Gasteiger partial charge >= 0.3 is 0 Å². The number of alkyl halides is 1. The maximum Gasteiger partial charge on any atom is 0.0613 e. The van der Waals surface area contributed by atoms with E-state index in [2.05, 4.69) is 65.6 Å². The van der Waals surface area contributed by atoms with Gasteiger partial charge < -0.3 is 0 Å². The van der Waals surface area contributed by atoms with Gasteiger partial charge in [-0.05, 0) is 19.1 Å². The van der Waals surface area contributed by atoms with E-state index in [4.69, 9.17) is 0 Å². The number of aryl methyl sites for hydroxylation is 1. The minimum Gasteiger partial charge on any atom is -0.0872 e. The smallest absolute Gasteiger partial charge is 0.0613 e. The predicted molar refractivity (Wildman–Crippen MR) is 56.9 cm³/mol. The van der Waals surface area contributed by atoms with Gasteiger partial charge in [-0.2, -0.15) is 0 Å². The third kappa shape index (κ3) is 2.94. The summed E-state index contributed by atoms with van der Waals surface area (Å²) in [6.07, 6.45) is 0. The van der Waals surface area contributed by atoms with Crippen LogP contribution in [0.15, 0.2) is 24.3 Å². The second-order valence-electron chi connectivity index (χ2n) is 2.30. The number of benzene rings is 1. The molecule has 56 valence electrons. The SMILES string of the molecule is Cc1ccc(C#CCI)cc1. The van der Waals surface area contributed by atoms with Crippen LogP contribution in [0.25, 0.3) is 0 Å². The number of halogens is 1. The topological polar surface area (TPSA) is 0 Å². The van der Waals surface area contributed by atoms with E-state index in [-0.39, 0.29) is 0 Å². The minimum atomic E-state index is 0.894. The van der Waals surface area contributed by atoms with Crippen LogP contribution in [-0.4, -0.2) is 4.43 Å². The summed E-state index contributed by atoms with van der Waals surface area (Å²) in [4.78, 5) is 0. The fraction of sp³-hybridized carbons (Fsp3) is 0.200. The summed E-state index contributed by atoms with van der Waals surface area (Å²) < 4.78 is 0.894. The molecule has 0 unspecified atom stereocenters. The van der Waals surface area contributed by atoms with E-state index in [0.717, 1.165) is 9.99 Å². The van der Waals surface area contributed by atoms with Crippen molar-refractivity contribution < 1.29 is 0 Å². The van der Waals surface area contributed by atoms with Gasteiger partial charge in [0.2, 0.25) is 0 Å². The molecule has 0 N–H and O–H groups in total. The summed E-state index contributed by atoms with van der Waals surface area (Å²) in [6.45, 7) is 2.08. The molecule has 1 aromatic carbocycles. The average molecular weight is 256 g/mol. The molecule has 1 aromatic rings. The van der Waals surface area contributed by atoms with E-state index in [1.807, 2.05) is 0 Å². The predicted octanol–water partition coefficient (Wildman–Crippen LogP) is 2.78. The lowest BCUT2D eigenvalue weighted by Crippen LogP contribution is -1.74. The lowest BCUT2D eigenvalue weighted by atomic mass is 10.2. The van der Waals surface area contributed by atoms with Crippen molar-refractivity contribution >= 4 is 22.6 Å². The molecule has 0 saturated carbocycles. The standard InChI is InChI=1S/C10H9I/c1-9-4-6-10(7-5-9)3-2-8-11/h4-7H,8H2,1H3. The van der Waals surface area contributed by atoms with Gasteiger partial charge in [-0.15, -0.1) is 0 Å². The molecule has 0 aromatic heterocycles. The number of rotatable bonds is 0. The van der Waals surface area contributed by atoms with Crippen LogP contribution in [0.3, 0.4) is 0 Å². The second-order valence-corrected chi connectivity index (χ2v) is 3.06. The van der Waals surface area contributed by atoms with Crippen molar-refractivity contribution in [1.82, 2.24) is 0 Å². The van der Waals surface area contributed by atoms with Crippen molar-refractivity contribution in [3.8, 4) is 11.8 Å². The molecule has 0 atom stereocenters. The van der Waals surface area contributed by atoms with Crippen molar-refractivity contribution in [2.24, 2.45) is 0 Å². The molecule has 1 heteroatoms.